The zero-order valence-corrected chi connectivity index (χ0v) is 10.4. The summed E-state index contributed by atoms with van der Waals surface area (Å²) in [6.45, 7) is 3.79. The monoisotopic (exact) mass is 233 g/mol. The Hall–Kier alpha value is -1.61. The van der Waals surface area contributed by atoms with Gasteiger partial charge in [0, 0.05) is 13.1 Å². The van der Waals surface area contributed by atoms with E-state index in [1.165, 1.54) is 12.7 Å². The number of allylic oxidation sites excluding steroid dienone is 1. The lowest BCUT2D eigenvalue weighted by molar-refractivity contribution is -0.141. The zero-order chi connectivity index (χ0) is 12.5. The van der Waals surface area contributed by atoms with Crippen LogP contribution in [0.1, 0.15) is 12.5 Å². The summed E-state index contributed by atoms with van der Waals surface area (Å²) >= 11 is 0. The van der Waals surface area contributed by atoms with Crippen molar-refractivity contribution in [3.63, 3.8) is 0 Å². The number of carbonyl (C=O) groups excluding carboxylic acids is 1. The van der Waals surface area contributed by atoms with Crippen LogP contribution in [-0.2, 0) is 16.1 Å². The van der Waals surface area contributed by atoms with Gasteiger partial charge in [-0.3, -0.25) is 9.69 Å². The van der Waals surface area contributed by atoms with Gasteiger partial charge in [0.15, 0.2) is 0 Å². The molecule has 0 N–H and O–H groups in total. The first-order valence-corrected chi connectivity index (χ1v) is 5.70. The van der Waals surface area contributed by atoms with E-state index in [1.54, 1.807) is 0 Å². The summed E-state index contributed by atoms with van der Waals surface area (Å²) in [7, 11) is 1.42. The Kier molecular flexibility index (Phi) is 6.04. The maximum atomic E-state index is 11.3. The Morgan fingerprint density at radius 1 is 1.35 bits per heavy atom. The number of hydrogen-bond donors (Lipinski definition) is 0. The van der Waals surface area contributed by atoms with E-state index in [4.69, 9.17) is 4.74 Å². The van der Waals surface area contributed by atoms with Crippen molar-refractivity contribution in [2.75, 3.05) is 20.2 Å². The Morgan fingerprint density at radius 2 is 2.06 bits per heavy atom. The quantitative estimate of drug-likeness (QED) is 0.557. The molecule has 0 saturated carbocycles. The highest BCUT2D eigenvalue weighted by Crippen LogP contribution is 2.04. The molecule has 0 unspecified atom stereocenters. The molecular formula is C14H19NO2. The molecule has 0 aliphatic heterocycles. The molecule has 0 spiro atoms. The molecule has 0 aliphatic carbocycles. The van der Waals surface area contributed by atoms with Gasteiger partial charge in [-0.1, -0.05) is 42.5 Å². The second-order valence-corrected chi connectivity index (χ2v) is 3.80. The third kappa shape index (κ3) is 5.31. The molecule has 0 aromatic heterocycles. The van der Waals surface area contributed by atoms with Crippen molar-refractivity contribution in [1.29, 1.82) is 0 Å². The van der Waals surface area contributed by atoms with Gasteiger partial charge in [-0.25, -0.2) is 0 Å². The highest BCUT2D eigenvalue weighted by molar-refractivity contribution is 5.71. The Balaban J connectivity index is 2.59. The van der Waals surface area contributed by atoms with Crippen molar-refractivity contribution >= 4 is 5.97 Å². The topological polar surface area (TPSA) is 29.5 Å². The number of benzene rings is 1. The molecule has 0 atom stereocenters. The summed E-state index contributed by atoms with van der Waals surface area (Å²) in [5.41, 5.74) is 1.20. The fourth-order valence-corrected chi connectivity index (χ4v) is 1.53. The lowest BCUT2D eigenvalue weighted by atomic mass is 10.2. The van der Waals surface area contributed by atoms with Crippen LogP contribution < -0.4 is 0 Å². The SMILES string of the molecule is C/C=C\CN(CC(=O)OC)Cc1ccccc1. The number of ether oxygens (including phenoxy) is 1. The van der Waals surface area contributed by atoms with Crippen LogP contribution >= 0.6 is 0 Å². The Bertz CT molecular complexity index is 360. The molecule has 0 heterocycles. The predicted octanol–water partition coefficient (Wildman–Crippen LogP) is 2.24. The van der Waals surface area contributed by atoms with Crippen LogP contribution in [0.15, 0.2) is 42.5 Å². The van der Waals surface area contributed by atoms with Crippen LogP contribution in [0.3, 0.4) is 0 Å². The molecule has 1 aromatic rings. The first-order chi connectivity index (χ1) is 8.26. The fourth-order valence-electron chi connectivity index (χ4n) is 1.53. The van der Waals surface area contributed by atoms with Gasteiger partial charge in [0.05, 0.1) is 13.7 Å². The lowest BCUT2D eigenvalue weighted by Gasteiger charge is -2.19. The molecule has 0 amide bonds. The average Bonchev–Trinajstić information content (AvgIpc) is 2.37. The van der Waals surface area contributed by atoms with Gasteiger partial charge in [-0.05, 0) is 12.5 Å². The van der Waals surface area contributed by atoms with Crippen LogP contribution in [0.4, 0.5) is 0 Å². The predicted molar refractivity (Wildman–Crippen MR) is 68.5 cm³/mol. The minimum Gasteiger partial charge on any atom is -0.468 e. The fraction of sp³-hybridized carbons (Fsp3) is 0.357. The molecule has 0 fully saturated rings. The molecule has 3 heteroatoms. The molecule has 92 valence electrons. The minimum absolute atomic E-state index is 0.203. The van der Waals surface area contributed by atoms with E-state index >= 15 is 0 Å². The van der Waals surface area contributed by atoms with E-state index in [0.29, 0.717) is 6.54 Å². The van der Waals surface area contributed by atoms with Crippen molar-refractivity contribution in [1.82, 2.24) is 4.90 Å². The van der Waals surface area contributed by atoms with Crippen molar-refractivity contribution in [2.24, 2.45) is 0 Å². The molecule has 0 radical (unpaired) electrons. The Morgan fingerprint density at radius 3 is 2.65 bits per heavy atom. The number of carbonyl (C=O) groups is 1. The molecule has 0 saturated heterocycles. The summed E-state index contributed by atoms with van der Waals surface area (Å²) < 4.78 is 4.69. The van der Waals surface area contributed by atoms with Crippen LogP contribution in [-0.4, -0.2) is 31.1 Å². The smallest absolute Gasteiger partial charge is 0.319 e. The third-order valence-corrected chi connectivity index (χ3v) is 2.43. The highest BCUT2D eigenvalue weighted by Gasteiger charge is 2.09. The van der Waals surface area contributed by atoms with Gasteiger partial charge in [-0.15, -0.1) is 0 Å². The molecular weight excluding hydrogens is 214 g/mol. The van der Waals surface area contributed by atoms with Crippen molar-refractivity contribution in [3.8, 4) is 0 Å². The molecule has 17 heavy (non-hydrogen) atoms. The number of methoxy groups -OCH3 is 1. The van der Waals surface area contributed by atoms with Crippen LogP contribution in [0, 0.1) is 0 Å². The number of rotatable bonds is 6. The molecule has 1 aromatic carbocycles. The molecule has 1 rings (SSSR count). The standard InChI is InChI=1S/C14H19NO2/c1-3-4-10-15(12-14(16)17-2)11-13-8-6-5-7-9-13/h3-9H,10-12H2,1-2H3/b4-3-. The van der Waals surface area contributed by atoms with Gasteiger partial charge in [-0.2, -0.15) is 0 Å². The zero-order valence-electron chi connectivity index (χ0n) is 10.4. The van der Waals surface area contributed by atoms with E-state index in [0.717, 1.165) is 13.1 Å². The van der Waals surface area contributed by atoms with Gasteiger partial charge in [0.1, 0.15) is 0 Å². The maximum Gasteiger partial charge on any atom is 0.319 e. The van der Waals surface area contributed by atoms with Gasteiger partial charge in [0.2, 0.25) is 0 Å². The second-order valence-electron chi connectivity index (χ2n) is 3.80. The first-order valence-electron chi connectivity index (χ1n) is 5.70. The largest absolute Gasteiger partial charge is 0.468 e. The van der Waals surface area contributed by atoms with Crippen molar-refractivity contribution in [2.45, 2.75) is 13.5 Å². The summed E-state index contributed by atoms with van der Waals surface area (Å²) in [5.74, 6) is -0.203. The van der Waals surface area contributed by atoms with Gasteiger partial charge < -0.3 is 4.74 Å². The Labute approximate surface area is 103 Å². The van der Waals surface area contributed by atoms with Crippen LogP contribution in [0.2, 0.25) is 0 Å². The normalized spacial score (nSPS) is 11.0. The molecule has 3 nitrogen and oxygen atoms in total. The average molecular weight is 233 g/mol. The summed E-state index contributed by atoms with van der Waals surface area (Å²) in [4.78, 5) is 13.3. The van der Waals surface area contributed by atoms with Crippen LogP contribution in [0.25, 0.3) is 0 Å². The van der Waals surface area contributed by atoms with Gasteiger partial charge >= 0.3 is 5.97 Å². The van der Waals surface area contributed by atoms with Gasteiger partial charge in [0.25, 0.3) is 0 Å². The van der Waals surface area contributed by atoms with E-state index < -0.39 is 0 Å². The number of esters is 1. The van der Waals surface area contributed by atoms with E-state index in [2.05, 4.69) is 12.1 Å². The lowest BCUT2D eigenvalue weighted by Crippen LogP contribution is -2.30. The summed E-state index contributed by atoms with van der Waals surface area (Å²) in [5, 5.41) is 0. The third-order valence-electron chi connectivity index (χ3n) is 2.43. The molecule has 0 bridgehead atoms. The van der Waals surface area contributed by atoms with Crippen molar-refractivity contribution < 1.29 is 9.53 Å². The highest BCUT2D eigenvalue weighted by atomic mass is 16.5. The number of nitrogens with zero attached hydrogens (tertiary/aromatic N) is 1. The number of hydrogen-bond acceptors (Lipinski definition) is 3. The van der Waals surface area contributed by atoms with E-state index in [-0.39, 0.29) is 5.97 Å². The molecule has 0 aliphatic rings. The van der Waals surface area contributed by atoms with E-state index in [1.807, 2.05) is 42.2 Å². The maximum absolute atomic E-state index is 11.3. The second kappa shape index (κ2) is 7.63. The summed E-state index contributed by atoms with van der Waals surface area (Å²) in [6, 6.07) is 10.1. The first kappa shape index (κ1) is 13.5. The van der Waals surface area contributed by atoms with Crippen molar-refractivity contribution in [3.05, 3.63) is 48.0 Å². The minimum atomic E-state index is -0.203. The summed E-state index contributed by atoms with van der Waals surface area (Å²) in [6.07, 6.45) is 4.02. The van der Waals surface area contributed by atoms with E-state index in [9.17, 15) is 4.79 Å². The van der Waals surface area contributed by atoms with Crippen LogP contribution in [0.5, 0.6) is 0 Å².